The van der Waals surface area contributed by atoms with Crippen LogP contribution >= 0.6 is 0 Å². The molecule has 1 heterocycles. The average Bonchev–Trinajstić information content (AvgIpc) is 2.48. The fourth-order valence-corrected chi connectivity index (χ4v) is 2.76. The number of aromatic nitrogens is 1. The van der Waals surface area contributed by atoms with E-state index in [9.17, 15) is 0 Å². The quantitative estimate of drug-likeness (QED) is 0.800. The van der Waals surface area contributed by atoms with E-state index in [1.807, 2.05) is 26.0 Å². The highest BCUT2D eigenvalue weighted by molar-refractivity contribution is 5.30. The first-order chi connectivity index (χ1) is 10.2. The number of aryl methyl sites for hydroxylation is 2. The zero-order chi connectivity index (χ0) is 15.2. The summed E-state index contributed by atoms with van der Waals surface area (Å²) in [4.78, 5) is 4.56. The van der Waals surface area contributed by atoms with Crippen molar-refractivity contribution in [3.8, 4) is 5.75 Å². The summed E-state index contributed by atoms with van der Waals surface area (Å²) in [7, 11) is 0. The molecule has 1 aromatic rings. The second-order valence-electron chi connectivity index (χ2n) is 5.62. The van der Waals surface area contributed by atoms with Crippen LogP contribution < -0.4 is 10.1 Å². The van der Waals surface area contributed by atoms with Crippen molar-refractivity contribution in [2.24, 2.45) is 0 Å². The molecule has 0 amide bonds. The minimum absolute atomic E-state index is 0.133. The van der Waals surface area contributed by atoms with Crippen LogP contribution in [0.15, 0.2) is 12.1 Å². The summed E-state index contributed by atoms with van der Waals surface area (Å²) < 4.78 is 12.0. The second kappa shape index (κ2) is 7.76. The lowest BCUT2D eigenvalue weighted by Gasteiger charge is -2.44. The van der Waals surface area contributed by atoms with E-state index in [0.29, 0.717) is 6.04 Å². The predicted molar refractivity (Wildman–Crippen MR) is 84.9 cm³/mol. The lowest BCUT2D eigenvalue weighted by molar-refractivity contribution is -0.104. The molecule has 2 rings (SSSR count). The van der Waals surface area contributed by atoms with E-state index in [4.69, 9.17) is 9.47 Å². The molecule has 0 saturated heterocycles. The van der Waals surface area contributed by atoms with Gasteiger partial charge < -0.3 is 14.8 Å². The first-order valence-corrected chi connectivity index (χ1v) is 8.17. The SMILES string of the molecule is CCCNC1CC(Oc2ccc(C)nc2CC)C1OCC. The van der Waals surface area contributed by atoms with Gasteiger partial charge in [0.05, 0.1) is 5.69 Å². The molecule has 0 bridgehead atoms. The minimum Gasteiger partial charge on any atom is -0.486 e. The Morgan fingerprint density at radius 2 is 2.10 bits per heavy atom. The summed E-state index contributed by atoms with van der Waals surface area (Å²) in [5, 5.41) is 3.54. The van der Waals surface area contributed by atoms with Crippen LogP contribution in [-0.4, -0.2) is 36.4 Å². The molecule has 1 fully saturated rings. The molecule has 118 valence electrons. The van der Waals surface area contributed by atoms with Crippen molar-refractivity contribution in [1.82, 2.24) is 10.3 Å². The van der Waals surface area contributed by atoms with E-state index < -0.39 is 0 Å². The van der Waals surface area contributed by atoms with E-state index in [1.165, 1.54) is 0 Å². The monoisotopic (exact) mass is 292 g/mol. The Bertz CT molecular complexity index is 450. The summed E-state index contributed by atoms with van der Waals surface area (Å²) in [6.07, 6.45) is 3.31. The highest BCUT2D eigenvalue weighted by Gasteiger charge is 2.43. The topological polar surface area (TPSA) is 43.4 Å². The van der Waals surface area contributed by atoms with Gasteiger partial charge in [0.2, 0.25) is 0 Å². The van der Waals surface area contributed by atoms with Crippen LogP contribution in [0.25, 0.3) is 0 Å². The average molecular weight is 292 g/mol. The molecule has 4 nitrogen and oxygen atoms in total. The van der Waals surface area contributed by atoms with Gasteiger partial charge in [-0.2, -0.15) is 0 Å². The van der Waals surface area contributed by atoms with E-state index in [2.05, 4.69) is 24.1 Å². The van der Waals surface area contributed by atoms with Crippen molar-refractivity contribution in [3.05, 3.63) is 23.5 Å². The van der Waals surface area contributed by atoms with Gasteiger partial charge in [0.1, 0.15) is 18.0 Å². The van der Waals surface area contributed by atoms with Crippen LogP contribution in [0.1, 0.15) is 45.0 Å². The Hall–Kier alpha value is -1.13. The lowest BCUT2D eigenvalue weighted by Crippen LogP contribution is -2.61. The van der Waals surface area contributed by atoms with Gasteiger partial charge in [0.25, 0.3) is 0 Å². The number of pyridine rings is 1. The fraction of sp³-hybridized carbons (Fsp3) is 0.706. The highest BCUT2D eigenvalue weighted by atomic mass is 16.5. The van der Waals surface area contributed by atoms with Crippen molar-refractivity contribution in [1.29, 1.82) is 0 Å². The van der Waals surface area contributed by atoms with Gasteiger partial charge in [0, 0.05) is 24.8 Å². The van der Waals surface area contributed by atoms with Gasteiger partial charge in [-0.3, -0.25) is 4.98 Å². The van der Waals surface area contributed by atoms with Crippen molar-refractivity contribution in [2.45, 2.75) is 65.2 Å². The summed E-state index contributed by atoms with van der Waals surface area (Å²) in [5.74, 6) is 0.909. The maximum Gasteiger partial charge on any atom is 0.141 e. The Labute approximate surface area is 128 Å². The number of nitrogens with one attached hydrogen (secondary N) is 1. The largest absolute Gasteiger partial charge is 0.486 e. The molecule has 1 aliphatic carbocycles. The first kappa shape index (κ1) is 16.2. The lowest BCUT2D eigenvalue weighted by atomic mass is 9.85. The highest BCUT2D eigenvalue weighted by Crippen LogP contribution is 2.30. The van der Waals surface area contributed by atoms with Gasteiger partial charge in [-0.15, -0.1) is 0 Å². The standard InChI is InChI=1S/C17H28N2O2/c1-5-10-18-14-11-16(17(14)20-7-3)21-15-9-8-12(4)19-13(15)6-2/h8-9,14,16-18H,5-7,10-11H2,1-4H3. The molecular weight excluding hydrogens is 264 g/mol. The molecule has 21 heavy (non-hydrogen) atoms. The number of hydrogen-bond acceptors (Lipinski definition) is 4. The second-order valence-corrected chi connectivity index (χ2v) is 5.62. The van der Waals surface area contributed by atoms with Crippen LogP contribution in [0.2, 0.25) is 0 Å². The fourth-order valence-electron chi connectivity index (χ4n) is 2.76. The smallest absolute Gasteiger partial charge is 0.141 e. The van der Waals surface area contributed by atoms with Crippen molar-refractivity contribution < 1.29 is 9.47 Å². The van der Waals surface area contributed by atoms with Gasteiger partial charge in [-0.25, -0.2) is 0 Å². The Morgan fingerprint density at radius 3 is 2.76 bits per heavy atom. The van der Waals surface area contributed by atoms with Crippen LogP contribution in [0.4, 0.5) is 0 Å². The Balaban J connectivity index is 1.99. The Morgan fingerprint density at radius 1 is 1.29 bits per heavy atom. The molecule has 0 aliphatic heterocycles. The zero-order valence-corrected chi connectivity index (χ0v) is 13.7. The molecule has 1 saturated carbocycles. The third-order valence-corrected chi connectivity index (χ3v) is 3.95. The molecule has 0 aromatic carbocycles. The molecule has 1 aromatic heterocycles. The summed E-state index contributed by atoms with van der Waals surface area (Å²) in [5.41, 5.74) is 2.08. The predicted octanol–water partition coefficient (Wildman–Crippen LogP) is 2.88. The van der Waals surface area contributed by atoms with Crippen LogP contribution in [-0.2, 0) is 11.2 Å². The van der Waals surface area contributed by atoms with Crippen molar-refractivity contribution in [2.75, 3.05) is 13.2 Å². The molecule has 1 aliphatic rings. The van der Waals surface area contributed by atoms with Crippen molar-refractivity contribution in [3.63, 3.8) is 0 Å². The third kappa shape index (κ3) is 3.95. The maximum atomic E-state index is 6.18. The van der Waals surface area contributed by atoms with E-state index >= 15 is 0 Å². The molecule has 4 heteroatoms. The van der Waals surface area contributed by atoms with Crippen LogP contribution in [0.5, 0.6) is 5.75 Å². The number of nitrogens with zero attached hydrogens (tertiary/aromatic N) is 1. The van der Waals surface area contributed by atoms with Crippen LogP contribution in [0.3, 0.4) is 0 Å². The number of hydrogen-bond donors (Lipinski definition) is 1. The van der Waals surface area contributed by atoms with Gasteiger partial charge >= 0.3 is 0 Å². The zero-order valence-electron chi connectivity index (χ0n) is 13.7. The molecule has 0 radical (unpaired) electrons. The summed E-state index contributed by atoms with van der Waals surface area (Å²) >= 11 is 0. The minimum atomic E-state index is 0.133. The molecule has 3 unspecified atom stereocenters. The van der Waals surface area contributed by atoms with Gasteiger partial charge in [-0.05, 0) is 45.4 Å². The molecular formula is C17H28N2O2. The normalized spacial score (nSPS) is 24.7. The number of ether oxygens (including phenoxy) is 2. The summed E-state index contributed by atoms with van der Waals surface area (Å²) in [6, 6.07) is 4.46. The molecule has 0 spiro atoms. The first-order valence-electron chi connectivity index (χ1n) is 8.17. The summed E-state index contributed by atoms with van der Waals surface area (Å²) in [6.45, 7) is 10.1. The van der Waals surface area contributed by atoms with E-state index in [0.717, 1.165) is 49.6 Å². The van der Waals surface area contributed by atoms with E-state index in [1.54, 1.807) is 0 Å². The van der Waals surface area contributed by atoms with Gasteiger partial charge in [-0.1, -0.05) is 13.8 Å². The van der Waals surface area contributed by atoms with Crippen LogP contribution in [0, 0.1) is 6.92 Å². The molecule has 1 N–H and O–H groups in total. The number of rotatable bonds is 8. The van der Waals surface area contributed by atoms with E-state index in [-0.39, 0.29) is 12.2 Å². The van der Waals surface area contributed by atoms with Gasteiger partial charge in [0.15, 0.2) is 0 Å². The van der Waals surface area contributed by atoms with Crippen molar-refractivity contribution >= 4 is 0 Å². The molecule has 3 atom stereocenters. The Kier molecular flexibility index (Phi) is 6.00. The third-order valence-electron chi connectivity index (χ3n) is 3.95. The maximum absolute atomic E-state index is 6.18.